The number of halogens is 3. The van der Waals surface area contributed by atoms with Crippen LogP contribution < -0.4 is 71.0 Å². The number of fused-ring (bicyclic) bond motifs is 3. The average molecular weight is 1710 g/mol. The van der Waals surface area contributed by atoms with Gasteiger partial charge in [0.25, 0.3) is 29.1 Å². The number of benzene rings is 8. The van der Waals surface area contributed by atoms with Crippen molar-refractivity contribution in [2.24, 2.45) is 0 Å². The average Bonchev–Trinajstić information content (AvgIpc) is 1.70. The van der Waals surface area contributed by atoms with Gasteiger partial charge in [0.05, 0.1) is 57.1 Å². The first-order chi connectivity index (χ1) is 49.0. The molecule has 0 amide bonds. The summed E-state index contributed by atoms with van der Waals surface area (Å²) in [5.74, 6) is -1.02. The SMILES string of the molecule is C.COc1cc(C)ccc1CNc1nncs1.Cc1ccc(CN(c2nncs2)S(=O)(=O)c2ccc3[nH]c(=O)oc3c2)c(C)c1.Cc1ccc(CN(c2nncs2)S(=O)(=O)c2ccc3c(c2)oc(=O)n3-c2cccc(Cl)c2)c(C)c1.O=c1[nH]c2ccc(S(=O)(=O)Cl)cc2o1.OB(O)c1cccc(Cl)c1.[Na+].[OH-].[Y]. The van der Waals surface area contributed by atoms with E-state index in [1.165, 1.54) is 95.7 Å². The maximum absolute atomic E-state index is 13.8. The number of aryl methyl sites for hydroxylation is 5. The molecule has 0 atom stereocenters. The number of H-pyrrole nitrogens is 2. The summed E-state index contributed by atoms with van der Waals surface area (Å²) in [6.45, 7) is 10.8. The van der Waals surface area contributed by atoms with E-state index in [-0.39, 0.29) is 130 Å². The van der Waals surface area contributed by atoms with Crippen molar-refractivity contribution >= 4 is 158 Å². The van der Waals surface area contributed by atoms with Crippen molar-refractivity contribution in [3.8, 4) is 11.4 Å². The maximum Gasteiger partial charge on any atom is 1.00 e. The Morgan fingerprint density at radius 3 is 1.50 bits per heavy atom. The van der Waals surface area contributed by atoms with Crippen LogP contribution in [-0.2, 0) is 81.4 Å². The minimum absolute atomic E-state index is 0. The molecule has 0 aliphatic carbocycles. The normalized spacial score (nSPS) is 10.9. The van der Waals surface area contributed by atoms with Crippen LogP contribution in [-0.4, -0.2) is 100 Å². The van der Waals surface area contributed by atoms with Crippen LogP contribution in [0, 0.1) is 34.6 Å². The van der Waals surface area contributed by atoms with Crippen LogP contribution in [0.3, 0.4) is 0 Å². The standard InChI is InChI=1S/C24H19ClN4O4S2.C18H16N4O4S2.C11H13N3OS.C7H4ClNO4S.C6H6BClO2.CH4.Na.H2O.Y/c1-15-6-7-17(16(2)10-15)13-28(23-27-26-14-34-23)35(31,32)20-8-9-21-22(12-20)33-24(30)29(21)19-5-3-4-18(25)11-19;1-11-3-4-13(12(2)7-11)9-22(17-21-19-10-27-17)28(24,25)14-5-6-15-16(8-14)26-18(23)20-15;1-8-3-4-9(10(5-8)15-2)6-12-11-14-13-7-16-11;8-14(11,12)4-1-2-5-6(3-4)13-7(10)9-5;8-6-3-1-2-5(4-6)7(9)10;;;;/h3-12,14H,13H2,1-2H3;3-8,10H,9H2,1-2H3,(H,20,23);3-5,7H,6H2,1-2H3,(H,12,14);1-3H,(H,9,10);1-4,9-10H;1H4;;1H2;/q;;;;;;+1;;/p-1. The van der Waals surface area contributed by atoms with Crippen molar-refractivity contribution in [2.45, 2.75) is 76.4 Å². The molecule has 40 heteroatoms. The first-order valence-corrected chi connectivity index (χ1v) is 38.7. The van der Waals surface area contributed by atoms with Gasteiger partial charge in [-0.3, -0.25) is 9.97 Å². The summed E-state index contributed by atoms with van der Waals surface area (Å²) < 4.78 is 100. The number of anilines is 3. The molecule has 0 saturated heterocycles. The van der Waals surface area contributed by atoms with Crippen LogP contribution in [0.4, 0.5) is 15.4 Å². The van der Waals surface area contributed by atoms with Crippen LogP contribution >= 0.6 is 67.9 Å². The third kappa shape index (κ3) is 22.7. The number of oxazole rings is 3. The summed E-state index contributed by atoms with van der Waals surface area (Å²) in [4.78, 5) is 39.5. The fourth-order valence-corrected chi connectivity index (χ4v) is 15.9. The molecule has 0 unspecified atom stereocenters. The van der Waals surface area contributed by atoms with Gasteiger partial charge in [-0.05, 0) is 141 Å². The van der Waals surface area contributed by atoms with E-state index in [1.54, 1.807) is 61.2 Å². The van der Waals surface area contributed by atoms with Gasteiger partial charge in [-0.2, -0.15) is 0 Å². The van der Waals surface area contributed by atoms with Gasteiger partial charge in [-0.25, -0.2) is 52.8 Å². The fraction of sp³-hybridized carbons (Fsp3) is 0.149. The first kappa shape index (κ1) is 88.1. The molecule has 6 heterocycles. The van der Waals surface area contributed by atoms with E-state index in [0.717, 1.165) is 72.5 Å². The van der Waals surface area contributed by atoms with Gasteiger partial charge in [-0.1, -0.05) is 142 Å². The molecule has 6 aromatic heterocycles. The second-order valence-electron chi connectivity index (χ2n) is 22.3. The van der Waals surface area contributed by atoms with E-state index in [4.69, 9.17) is 57.5 Å². The Morgan fingerprint density at radius 1 is 0.570 bits per heavy atom. The quantitative estimate of drug-likeness (QED) is 0.0419. The molecule has 1 radical (unpaired) electrons. The second-order valence-corrected chi connectivity index (χ2v) is 31.9. The van der Waals surface area contributed by atoms with Gasteiger partial charge < -0.3 is 38.8 Å². The first-order valence-electron chi connectivity index (χ1n) is 30.1. The summed E-state index contributed by atoms with van der Waals surface area (Å²) >= 11 is 15.4. The third-order valence-corrected chi connectivity index (χ3v) is 22.6. The number of ether oxygens (including phenoxy) is 1. The van der Waals surface area contributed by atoms with Crippen molar-refractivity contribution in [1.82, 2.24) is 45.1 Å². The fourth-order valence-electron chi connectivity index (χ4n) is 9.94. The largest absolute Gasteiger partial charge is 1.00 e. The molecule has 107 heavy (non-hydrogen) atoms. The summed E-state index contributed by atoms with van der Waals surface area (Å²) in [6, 6.07) is 43.5. The van der Waals surface area contributed by atoms with Gasteiger partial charge in [0.15, 0.2) is 16.7 Å². The molecule has 14 aromatic rings. The van der Waals surface area contributed by atoms with Crippen LogP contribution in [0.2, 0.25) is 10.0 Å². The predicted molar refractivity (Wildman–Crippen MR) is 407 cm³/mol. The number of methoxy groups -OCH3 is 1. The third-order valence-electron chi connectivity index (χ3n) is 15.0. The van der Waals surface area contributed by atoms with Crippen molar-refractivity contribution in [3.63, 3.8) is 0 Å². The van der Waals surface area contributed by atoms with Crippen molar-refractivity contribution in [3.05, 3.63) is 260 Å². The molecule has 8 aromatic carbocycles. The maximum atomic E-state index is 13.8. The zero-order valence-electron chi connectivity index (χ0n) is 56.8. The second kappa shape index (κ2) is 39.0. The summed E-state index contributed by atoms with van der Waals surface area (Å²) in [7, 11) is -6.46. The zero-order valence-corrected chi connectivity index (χ0v) is 68.8. The van der Waals surface area contributed by atoms with E-state index < -0.39 is 53.5 Å². The number of aromatic amines is 2. The molecule has 6 N–H and O–H groups in total. The van der Waals surface area contributed by atoms with Crippen LogP contribution in [0.15, 0.2) is 217 Å². The molecular formula is C67H63BCl3N12NaO16S6Y. The van der Waals surface area contributed by atoms with E-state index in [9.17, 15) is 39.6 Å². The molecule has 0 fully saturated rings. The minimum atomic E-state index is -4.07. The molecule has 0 aliphatic heterocycles. The summed E-state index contributed by atoms with van der Waals surface area (Å²) in [5.41, 5.74) is 15.5. The summed E-state index contributed by atoms with van der Waals surface area (Å²) in [5, 5.41) is 46.0. The molecule has 14 rings (SSSR count). The Morgan fingerprint density at radius 2 is 1.04 bits per heavy atom. The Balaban J connectivity index is 0.000000222. The van der Waals surface area contributed by atoms with Crippen molar-refractivity contribution in [1.29, 1.82) is 0 Å². The number of nitrogens with one attached hydrogen (secondary N) is 3. The number of hydrogen-bond acceptors (Lipinski definition) is 26. The van der Waals surface area contributed by atoms with E-state index in [0.29, 0.717) is 44.3 Å². The molecule has 28 nitrogen and oxygen atoms in total. The Hall–Kier alpha value is -7.78. The van der Waals surface area contributed by atoms with Crippen LogP contribution in [0.5, 0.6) is 5.75 Å². The Labute approximate surface area is 686 Å². The minimum Gasteiger partial charge on any atom is -0.870 e. The van der Waals surface area contributed by atoms with Crippen LogP contribution in [0.1, 0.15) is 51.9 Å². The van der Waals surface area contributed by atoms with Gasteiger partial charge in [0.1, 0.15) is 22.3 Å². The van der Waals surface area contributed by atoms with Gasteiger partial charge >= 0.3 is 53.9 Å². The number of aromatic nitrogens is 9. The molecule has 0 spiro atoms. The molecule has 0 aliphatic rings. The van der Waals surface area contributed by atoms with E-state index in [1.807, 2.05) is 77.1 Å². The zero-order chi connectivity index (χ0) is 73.9. The number of rotatable bonds is 17. The topological polar surface area (TPSA) is 405 Å². The van der Waals surface area contributed by atoms with E-state index >= 15 is 0 Å². The Bertz CT molecular complexity index is 5880. The summed E-state index contributed by atoms with van der Waals surface area (Å²) in [6.07, 6.45) is 0. The van der Waals surface area contributed by atoms with Gasteiger partial charge in [-0.15, -0.1) is 30.6 Å². The smallest absolute Gasteiger partial charge is 0.870 e. The van der Waals surface area contributed by atoms with Crippen molar-refractivity contribution in [2.75, 3.05) is 21.0 Å². The van der Waals surface area contributed by atoms with Gasteiger partial charge in [0.2, 0.25) is 15.4 Å². The van der Waals surface area contributed by atoms with Crippen LogP contribution in [0.25, 0.3) is 39.0 Å². The molecule has 551 valence electrons. The molecule has 0 saturated carbocycles. The number of nitrogens with zero attached hydrogens (tertiary/aromatic N) is 9. The van der Waals surface area contributed by atoms with E-state index in [2.05, 4.69) is 62.4 Å². The molecular weight excluding hydrogens is 1650 g/mol. The number of hydrogen-bond donors (Lipinski definition) is 5. The Kier molecular flexibility index (Phi) is 32.1. The predicted octanol–water partition coefficient (Wildman–Crippen LogP) is 9.08. The number of sulfonamides is 2. The molecule has 0 bridgehead atoms. The van der Waals surface area contributed by atoms with Crippen molar-refractivity contribution < 1.29 is 121 Å². The monoisotopic (exact) mass is 1710 g/mol. The van der Waals surface area contributed by atoms with Gasteiger partial charge in [0, 0.05) is 83.7 Å².